The monoisotopic (exact) mass is 478 g/mol. The van der Waals surface area contributed by atoms with Crippen LogP contribution in [-0.2, 0) is 26.9 Å². The number of carbonyl (C=O) groups is 2. The molecule has 0 radical (unpaired) electrons. The third-order valence-electron chi connectivity index (χ3n) is 5.18. The summed E-state index contributed by atoms with van der Waals surface area (Å²) in [6.07, 6.45) is -3.31. The van der Waals surface area contributed by atoms with E-state index in [0.29, 0.717) is 6.42 Å². The van der Waals surface area contributed by atoms with Crippen molar-refractivity contribution in [1.29, 1.82) is 0 Å². The Labute approximate surface area is 193 Å². The molecule has 0 saturated carbocycles. The molecule has 0 aliphatic heterocycles. The molecule has 1 aromatic heterocycles. The second-order valence-electron chi connectivity index (χ2n) is 8.44. The molecule has 0 bridgehead atoms. The molecule has 0 aliphatic rings. The number of rotatable bonds is 9. The predicted molar refractivity (Wildman–Crippen MR) is 119 cm³/mol. The Morgan fingerprint density at radius 2 is 1.76 bits per heavy atom. The molecule has 1 heterocycles. The van der Waals surface area contributed by atoms with Crippen molar-refractivity contribution in [2.45, 2.75) is 38.1 Å². The van der Waals surface area contributed by atoms with Gasteiger partial charge in [-0.1, -0.05) is 30.3 Å². The third-order valence-corrected chi connectivity index (χ3v) is 5.18. The van der Waals surface area contributed by atoms with Crippen molar-refractivity contribution < 1.29 is 37.3 Å². The SMILES string of the molecule is CC(C)(Cc1c[nH]c2ccccc12)NCC(COc1ccccc1C(F)(F)F)OC(=O)C(=O)O. The summed E-state index contributed by atoms with van der Waals surface area (Å²) < 4.78 is 49.9. The number of halogens is 3. The minimum Gasteiger partial charge on any atom is -0.489 e. The van der Waals surface area contributed by atoms with Crippen LogP contribution in [0.4, 0.5) is 13.2 Å². The van der Waals surface area contributed by atoms with Gasteiger partial charge in [0, 0.05) is 29.2 Å². The van der Waals surface area contributed by atoms with Crippen LogP contribution in [0, 0.1) is 0 Å². The molecule has 3 aromatic rings. The maximum absolute atomic E-state index is 13.2. The largest absolute Gasteiger partial charge is 0.489 e. The Morgan fingerprint density at radius 3 is 2.47 bits per heavy atom. The summed E-state index contributed by atoms with van der Waals surface area (Å²) in [6.45, 7) is 3.31. The number of nitrogens with one attached hydrogen (secondary N) is 2. The first kappa shape index (κ1) is 25.1. The second-order valence-corrected chi connectivity index (χ2v) is 8.44. The van der Waals surface area contributed by atoms with Gasteiger partial charge in [0.2, 0.25) is 0 Å². The molecule has 1 unspecified atom stereocenters. The molecule has 182 valence electrons. The lowest BCUT2D eigenvalue weighted by atomic mass is 9.94. The number of benzene rings is 2. The number of hydrogen-bond acceptors (Lipinski definition) is 5. The number of fused-ring (bicyclic) bond motifs is 1. The highest BCUT2D eigenvalue weighted by Gasteiger charge is 2.34. The fourth-order valence-corrected chi connectivity index (χ4v) is 3.55. The van der Waals surface area contributed by atoms with Gasteiger partial charge in [0.1, 0.15) is 18.5 Å². The molecule has 7 nitrogen and oxygen atoms in total. The smallest absolute Gasteiger partial charge is 0.419 e. The van der Waals surface area contributed by atoms with Crippen LogP contribution in [0.3, 0.4) is 0 Å². The van der Waals surface area contributed by atoms with Crippen molar-refractivity contribution in [1.82, 2.24) is 10.3 Å². The molecule has 0 aliphatic carbocycles. The van der Waals surface area contributed by atoms with E-state index in [4.69, 9.17) is 14.6 Å². The molecule has 0 saturated heterocycles. The van der Waals surface area contributed by atoms with Crippen LogP contribution in [0.15, 0.2) is 54.7 Å². The number of esters is 1. The second kappa shape index (κ2) is 10.2. The van der Waals surface area contributed by atoms with E-state index >= 15 is 0 Å². The zero-order valence-corrected chi connectivity index (χ0v) is 18.6. The quantitative estimate of drug-likeness (QED) is 0.315. The fourth-order valence-electron chi connectivity index (χ4n) is 3.55. The lowest BCUT2D eigenvalue weighted by molar-refractivity contribution is -0.168. The highest BCUT2D eigenvalue weighted by Crippen LogP contribution is 2.36. The van der Waals surface area contributed by atoms with E-state index in [1.165, 1.54) is 12.1 Å². The molecule has 0 fully saturated rings. The minimum absolute atomic E-state index is 0.0391. The highest BCUT2D eigenvalue weighted by atomic mass is 19.4. The summed E-state index contributed by atoms with van der Waals surface area (Å²) in [7, 11) is 0. The average Bonchev–Trinajstić information content (AvgIpc) is 3.17. The van der Waals surface area contributed by atoms with Gasteiger partial charge in [-0.05, 0) is 44.0 Å². The summed E-state index contributed by atoms with van der Waals surface area (Å²) in [4.78, 5) is 25.8. The Hall–Kier alpha value is -3.53. The summed E-state index contributed by atoms with van der Waals surface area (Å²) in [5.41, 5.74) is 0.523. The molecule has 3 rings (SSSR count). The van der Waals surface area contributed by atoms with Gasteiger partial charge in [0.15, 0.2) is 0 Å². The maximum atomic E-state index is 13.2. The van der Waals surface area contributed by atoms with Crippen LogP contribution < -0.4 is 10.1 Å². The lowest BCUT2D eigenvalue weighted by Gasteiger charge is -2.29. The summed E-state index contributed by atoms with van der Waals surface area (Å²) in [5, 5.41) is 13.1. The minimum atomic E-state index is -4.64. The Morgan fingerprint density at radius 1 is 1.09 bits per heavy atom. The van der Waals surface area contributed by atoms with E-state index < -0.39 is 47.7 Å². The van der Waals surface area contributed by atoms with Crippen molar-refractivity contribution in [2.24, 2.45) is 0 Å². The van der Waals surface area contributed by atoms with E-state index in [1.807, 2.05) is 44.3 Å². The summed E-state index contributed by atoms with van der Waals surface area (Å²) in [6, 6.07) is 12.4. The number of carboxylic acids is 1. The van der Waals surface area contributed by atoms with Gasteiger partial charge in [0.05, 0.1) is 5.56 Å². The van der Waals surface area contributed by atoms with Gasteiger partial charge in [-0.2, -0.15) is 13.2 Å². The highest BCUT2D eigenvalue weighted by molar-refractivity contribution is 6.28. The fraction of sp³-hybridized carbons (Fsp3) is 0.333. The van der Waals surface area contributed by atoms with E-state index in [1.54, 1.807) is 0 Å². The van der Waals surface area contributed by atoms with Crippen LogP contribution in [0.5, 0.6) is 5.75 Å². The van der Waals surface area contributed by atoms with Crippen molar-refractivity contribution in [3.05, 3.63) is 65.9 Å². The van der Waals surface area contributed by atoms with Gasteiger partial charge in [-0.15, -0.1) is 0 Å². The topological polar surface area (TPSA) is 101 Å². The van der Waals surface area contributed by atoms with Crippen LogP contribution in [0.25, 0.3) is 10.9 Å². The van der Waals surface area contributed by atoms with Crippen molar-refractivity contribution >= 4 is 22.8 Å². The predicted octanol–water partition coefficient (Wildman–Crippen LogP) is 4.17. The van der Waals surface area contributed by atoms with E-state index in [2.05, 4.69) is 10.3 Å². The van der Waals surface area contributed by atoms with E-state index in [0.717, 1.165) is 28.6 Å². The molecule has 0 spiro atoms. The average molecular weight is 478 g/mol. The van der Waals surface area contributed by atoms with E-state index in [9.17, 15) is 22.8 Å². The number of aromatic amines is 1. The summed E-state index contributed by atoms with van der Waals surface area (Å²) >= 11 is 0. The number of aromatic nitrogens is 1. The Balaban J connectivity index is 1.69. The number of alkyl halides is 3. The Bertz CT molecular complexity index is 1160. The number of hydrogen-bond donors (Lipinski definition) is 3. The maximum Gasteiger partial charge on any atom is 0.419 e. The number of para-hydroxylation sites is 2. The number of carboxylic acid groups (broad SMARTS) is 1. The molecule has 2 aromatic carbocycles. The van der Waals surface area contributed by atoms with E-state index in [-0.39, 0.29) is 6.54 Å². The molecule has 10 heteroatoms. The summed E-state index contributed by atoms with van der Waals surface area (Å²) in [5.74, 6) is -3.77. The first-order valence-corrected chi connectivity index (χ1v) is 10.5. The van der Waals surface area contributed by atoms with Gasteiger partial charge in [-0.25, -0.2) is 9.59 Å². The van der Waals surface area contributed by atoms with Crippen LogP contribution in [-0.4, -0.2) is 46.8 Å². The molecule has 3 N–H and O–H groups in total. The number of ether oxygens (including phenoxy) is 2. The van der Waals surface area contributed by atoms with Crippen LogP contribution in [0.1, 0.15) is 25.0 Å². The van der Waals surface area contributed by atoms with Crippen molar-refractivity contribution in [3.63, 3.8) is 0 Å². The zero-order valence-electron chi connectivity index (χ0n) is 18.6. The molecule has 0 amide bonds. The molecule has 34 heavy (non-hydrogen) atoms. The van der Waals surface area contributed by atoms with Crippen LogP contribution >= 0.6 is 0 Å². The standard InChI is InChI=1S/C24H25F3N2O5/c1-23(2,11-15-12-28-19-9-5-3-7-17(15)19)29-13-16(34-22(32)21(30)31)14-33-20-10-6-4-8-18(20)24(25,26)27/h3-10,12,16,28-29H,11,13-14H2,1-2H3,(H,30,31). The van der Waals surface area contributed by atoms with Gasteiger partial charge in [0.25, 0.3) is 0 Å². The van der Waals surface area contributed by atoms with Gasteiger partial charge < -0.3 is 24.9 Å². The van der Waals surface area contributed by atoms with Crippen molar-refractivity contribution in [2.75, 3.05) is 13.2 Å². The molecular weight excluding hydrogens is 453 g/mol. The zero-order chi connectivity index (χ0) is 24.9. The normalized spacial score (nSPS) is 13.0. The number of carbonyl (C=O) groups excluding carboxylic acids is 1. The van der Waals surface area contributed by atoms with Crippen molar-refractivity contribution in [3.8, 4) is 5.75 Å². The van der Waals surface area contributed by atoms with Gasteiger partial charge in [-0.3, -0.25) is 0 Å². The lowest BCUT2D eigenvalue weighted by Crippen LogP contribution is -2.47. The number of H-pyrrole nitrogens is 1. The first-order valence-electron chi connectivity index (χ1n) is 10.5. The Kier molecular flexibility index (Phi) is 7.51. The van der Waals surface area contributed by atoms with Gasteiger partial charge >= 0.3 is 18.1 Å². The molecular formula is C24H25F3N2O5. The number of aliphatic carboxylic acids is 1. The van der Waals surface area contributed by atoms with Crippen LogP contribution in [0.2, 0.25) is 0 Å². The first-order chi connectivity index (χ1) is 16.0. The molecule has 1 atom stereocenters. The third kappa shape index (κ3) is 6.50.